The molecule has 0 amide bonds. The topological polar surface area (TPSA) is 24.9 Å². The highest BCUT2D eigenvalue weighted by Gasteiger charge is 2.31. The van der Waals surface area contributed by atoms with Crippen molar-refractivity contribution in [2.45, 2.75) is 31.7 Å². The highest BCUT2D eigenvalue weighted by molar-refractivity contribution is 6.31. The second-order valence-corrected chi connectivity index (χ2v) is 5.00. The van der Waals surface area contributed by atoms with Crippen LogP contribution in [0.3, 0.4) is 0 Å². The van der Waals surface area contributed by atoms with E-state index in [1.54, 1.807) is 0 Å². The van der Waals surface area contributed by atoms with Crippen LogP contribution in [0.4, 0.5) is 0 Å². The van der Waals surface area contributed by atoms with Gasteiger partial charge in [-0.1, -0.05) is 11.6 Å². The van der Waals surface area contributed by atoms with Crippen LogP contribution >= 0.6 is 11.6 Å². The third-order valence-electron chi connectivity index (χ3n) is 3.68. The van der Waals surface area contributed by atoms with Crippen LogP contribution < -0.4 is 5.32 Å². The van der Waals surface area contributed by atoms with E-state index in [0.717, 1.165) is 23.8 Å². The van der Waals surface area contributed by atoms with Gasteiger partial charge in [0.15, 0.2) is 0 Å². The molecule has 2 aliphatic rings. The minimum atomic E-state index is 0.690. The van der Waals surface area contributed by atoms with Crippen LogP contribution in [0, 0.1) is 5.92 Å². The summed E-state index contributed by atoms with van der Waals surface area (Å²) >= 11 is 6.18. The van der Waals surface area contributed by atoms with Crippen molar-refractivity contribution in [1.82, 2.24) is 10.3 Å². The number of nitrogens with one attached hydrogen (secondary N) is 1. The summed E-state index contributed by atoms with van der Waals surface area (Å²) in [7, 11) is 0. The summed E-state index contributed by atoms with van der Waals surface area (Å²) in [4.78, 5) is 4.43. The lowest BCUT2D eigenvalue weighted by atomic mass is 9.96. The second kappa shape index (κ2) is 3.76. The van der Waals surface area contributed by atoms with E-state index in [9.17, 15) is 0 Å². The Labute approximate surface area is 95.0 Å². The molecule has 2 unspecified atom stereocenters. The molecule has 80 valence electrons. The molecular formula is C12H15ClN2. The molecule has 1 aromatic heterocycles. The normalized spacial score (nSPS) is 29.4. The number of nitrogens with zero attached hydrogens (tertiary/aromatic N) is 1. The Bertz CT molecular complexity index is 372. The van der Waals surface area contributed by atoms with Gasteiger partial charge in [0.1, 0.15) is 0 Å². The number of hydrogen-bond acceptors (Lipinski definition) is 2. The minimum absolute atomic E-state index is 0.690. The van der Waals surface area contributed by atoms with Crippen LogP contribution in [0.25, 0.3) is 0 Å². The van der Waals surface area contributed by atoms with Crippen molar-refractivity contribution in [3.63, 3.8) is 0 Å². The van der Waals surface area contributed by atoms with E-state index < -0.39 is 0 Å². The molecule has 0 bridgehead atoms. The first-order valence-electron chi connectivity index (χ1n) is 5.70. The van der Waals surface area contributed by atoms with Crippen molar-refractivity contribution in [2.24, 2.45) is 5.92 Å². The zero-order valence-corrected chi connectivity index (χ0v) is 9.43. The third kappa shape index (κ3) is 1.66. The summed E-state index contributed by atoms with van der Waals surface area (Å²) in [6, 6.07) is 2.60. The summed E-state index contributed by atoms with van der Waals surface area (Å²) in [5, 5.41) is 4.49. The first-order valence-corrected chi connectivity index (χ1v) is 6.08. The smallest absolute Gasteiger partial charge is 0.0471 e. The van der Waals surface area contributed by atoms with Crippen molar-refractivity contribution in [3.05, 3.63) is 28.5 Å². The van der Waals surface area contributed by atoms with Crippen LogP contribution in [0.1, 0.15) is 24.1 Å². The van der Waals surface area contributed by atoms with Gasteiger partial charge in [0.2, 0.25) is 0 Å². The van der Waals surface area contributed by atoms with Crippen molar-refractivity contribution < 1.29 is 0 Å². The third-order valence-corrected chi connectivity index (χ3v) is 4.03. The maximum Gasteiger partial charge on any atom is 0.0471 e. The number of hydrogen-bond donors (Lipinski definition) is 1. The van der Waals surface area contributed by atoms with Crippen LogP contribution in [0.5, 0.6) is 0 Å². The number of rotatable bonds is 1. The molecule has 0 radical (unpaired) electrons. The molecule has 2 heterocycles. The van der Waals surface area contributed by atoms with E-state index in [-0.39, 0.29) is 0 Å². The maximum absolute atomic E-state index is 6.18. The molecule has 2 nitrogen and oxygen atoms in total. The van der Waals surface area contributed by atoms with Gasteiger partial charge in [0.25, 0.3) is 0 Å². The molecule has 1 fully saturated rings. The minimum Gasteiger partial charge on any atom is -0.314 e. The average Bonchev–Trinajstić information content (AvgIpc) is 2.86. The largest absolute Gasteiger partial charge is 0.314 e. The molecule has 1 N–H and O–H groups in total. The van der Waals surface area contributed by atoms with Crippen LogP contribution in [-0.2, 0) is 12.8 Å². The molecule has 1 saturated heterocycles. The van der Waals surface area contributed by atoms with Gasteiger partial charge in [0, 0.05) is 23.0 Å². The van der Waals surface area contributed by atoms with Gasteiger partial charge in [0.05, 0.1) is 0 Å². The van der Waals surface area contributed by atoms with Crippen molar-refractivity contribution in [2.75, 3.05) is 6.54 Å². The molecule has 0 spiro atoms. The zero-order chi connectivity index (χ0) is 10.3. The number of pyridine rings is 1. The van der Waals surface area contributed by atoms with Crippen molar-refractivity contribution >= 4 is 11.6 Å². The average molecular weight is 223 g/mol. The molecule has 1 aromatic rings. The second-order valence-electron chi connectivity index (χ2n) is 4.59. The maximum atomic E-state index is 6.18. The number of fused-ring (bicyclic) bond motifs is 1. The quantitative estimate of drug-likeness (QED) is 0.788. The fourth-order valence-electron chi connectivity index (χ4n) is 2.88. The molecule has 2 atom stereocenters. The van der Waals surface area contributed by atoms with E-state index >= 15 is 0 Å². The highest BCUT2D eigenvalue weighted by Crippen LogP contribution is 2.34. The highest BCUT2D eigenvalue weighted by atomic mass is 35.5. The Morgan fingerprint density at radius 2 is 2.33 bits per heavy atom. The first-order chi connectivity index (χ1) is 7.34. The van der Waals surface area contributed by atoms with Gasteiger partial charge < -0.3 is 5.32 Å². The van der Waals surface area contributed by atoms with Crippen LogP contribution in [0.2, 0.25) is 5.02 Å². The Morgan fingerprint density at radius 3 is 3.07 bits per heavy atom. The molecule has 15 heavy (non-hydrogen) atoms. The molecule has 0 saturated carbocycles. The summed E-state index contributed by atoms with van der Waals surface area (Å²) in [5.74, 6) is 0.717. The molecule has 1 aliphatic carbocycles. The summed E-state index contributed by atoms with van der Waals surface area (Å²) < 4.78 is 0. The molecular weight excluding hydrogens is 208 g/mol. The Morgan fingerprint density at radius 1 is 1.40 bits per heavy atom. The fraction of sp³-hybridized carbons (Fsp3) is 0.583. The van der Waals surface area contributed by atoms with E-state index in [1.165, 1.54) is 30.6 Å². The van der Waals surface area contributed by atoms with Crippen LogP contribution in [-0.4, -0.2) is 17.6 Å². The van der Waals surface area contributed by atoms with Gasteiger partial charge >= 0.3 is 0 Å². The SMILES string of the molecule is Clc1ccnc2c1CC(C1CCCN1)C2. The summed E-state index contributed by atoms with van der Waals surface area (Å²) in [6.07, 6.45) is 6.67. The Hall–Kier alpha value is -0.600. The Kier molecular flexibility index (Phi) is 2.41. The van der Waals surface area contributed by atoms with Crippen LogP contribution in [0.15, 0.2) is 12.3 Å². The van der Waals surface area contributed by atoms with E-state index in [0.29, 0.717) is 6.04 Å². The lowest BCUT2D eigenvalue weighted by molar-refractivity contribution is 0.404. The standard InChI is InChI=1S/C12H15ClN2/c13-10-3-5-15-12-7-8(6-9(10)12)11-2-1-4-14-11/h3,5,8,11,14H,1-2,4,6-7H2. The number of aromatic nitrogens is 1. The molecule has 3 rings (SSSR count). The predicted octanol–water partition coefficient (Wildman–Crippen LogP) is 2.20. The zero-order valence-electron chi connectivity index (χ0n) is 8.67. The summed E-state index contributed by atoms with van der Waals surface area (Å²) in [5.41, 5.74) is 2.51. The molecule has 1 aliphatic heterocycles. The van der Waals surface area contributed by atoms with Gasteiger partial charge in [-0.3, -0.25) is 4.98 Å². The van der Waals surface area contributed by atoms with E-state index in [2.05, 4.69) is 10.3 Å². The van der Waals surface area contributed by atoms with E-state index in [4.69, 9.17) is 11.6 Å². The Balaban J connectivity index is 1.82. The summed E-state index contributed by atoms with van der Waals surface area (Å²) in [6.45, 7) is 1.18. The van der Waals surface area contributed by atoms with Crippen molar-refractivity contribution in [3.8, 4) is 0 Å². The van der Waals surface area contributed by atoms with Gasteiger partial charge in [-0.05, 0) is 49.8 Å². The van der Waals surface area contributed by atoms with Crippen molar-refractivity contribution in [1.29, 1.82) is 0 Å². The predicted molar refractivity (Wildman–Crippen MR) is 61.2 cm³/mol. The van der Waals surface area contributed by atoms with Gasteiger partial charge in [-0.25, -0.2) is 0 Å². The first kappa shape index (κ1) is 9.61. The van der Waals surface area contributed by atoms with Gasteiger partial charge in [-0.15, -0.1) is 0 Å². The number of halogens is 1. The van der Waals surface area contributed by atoms with E-state index in [1.807, 2.05) is 12.3 Å². The lowest BCUT2D eigenvalue weighted by Crippen LogP contribution is -2.30. The lowest BCUT2D eigenvalue weighted by Gasteiger charge is -2.17. The van der Waals surface area contributed by atoms with Gasteiger partial charge in [-0.2, -0.15) is 0 Å². The molecule has 3 heteroatoms. The fourth-order valence-corrected chi connectivity index (χ4v) is 3.12. The monoisotopic (exact) mass is 222 g/mol. The molecule has 0 aromatic carbocycles.